The van der Waals surface area contributed by atoms with Crippen molar-refractivity contribution in [2.45, 2.75) is 24.3 Å². The Balaban J connectivity index is 1.66. The lowest BCUT2D eigenvalue weighted by atomic mass is 10.1. The number of fused-ring (bicyclic) bond motifs is 1. The summed E-state index contributed by atoms with van der Waals surface area (Å²) in [6.07, 6.45) is 2.12. The highest BCUT2D eigenvalue weighted by molar-refractivity contribution is 8.00. The van der Waals surface area contributed by atoms with Gasteiger partial charge in [0.05, 0.1) is 18.0 Å². The summed E-state index contributed by atoms with van der Waals surface area (Å²) in [6, 6.07) is 13.2. The molecule has 2 heterocycles. The van der Waals surface area contributed by atoms with E-state index in [-0.39, 0.29) is 11.8 Å². The molecule has 1 saturated heterocycles. The van der Waals surface area contributed by atoms with E-state index in [1.54, 1.807) is 4.90 Å². The number of thioether (sulfide) groups is 1. The van der Waals surface area contributed by atoms with E-state index in [2.05, 4.69) is 0 Å². The molecule has 0 aromatic heterocycles. The number of nitrogens with zero attached hydrogens (tertiary/aromatic N) is 2. The Kier molecular flexibility index (Phi) is 4.92. The van der Waals surface area contributed by atoms with Crippen molar-refractivity contribution in [2.24, 2.45) is 0 Å². The second kappa shape index (κ2) is 7.33. The monoisotopic (exact) mass is 386 g/mol. The van der Waals surface area contributed by atoms with E-state index in [1.807, 2.05) is 47.4 Å². The number of benzene rings is 2. The van der Waals surface area contributed by atoms with Crippen LogP contribution in [-0.2, 0) is 11.3 Å². The second-order valence-corrected chi connectivity index (χ2v) is 8.03. The number of anilines is 1. The van der Waals surface area contributed by atoms with E-state index in [0.29, 0.717) is 22.9 Å². The summed E-state index contributed by atoms with van der Waals surface area (Å²) in [6.45, 7) is 2.08. The van der Waals surface area contributed by atoms with Crippen molar-refractivity contribution in [2.75, 3.05) is 23.7 Å². The van der Waals surface area contributed by atoms with Crippen LogP contribution in [0.15, 0.2) is 47.4 Å². The molecule has 0 N–H and O–H groups in total. The van der Waals surface area contributed by atoms with Gasteiger partial charge in [-0.2, -0.15) is 0 Å². The molecular weight excluding hydrogens is 368 g/mol. The first-order chi connectivity index (χ1) is 12.6. The third kappa shape index (κ3) is 3.46. The van der Waals surface area contributed by atoms with E-state index in [0.717, 1.165) is 42.1 Å². The molecule has 0 atom stereocenters. The minimum absolute atomic E-state index is 0.0493. The lowest BCUT2D eigenvalue weighted by Gasteiger charge is -2.30. The molecule has 0 spiro atoms. The van der Waals surface area contributed by atoms with Gasteiger partial charge in [0.2, 0.25) is 5.91 Å². The van der Waals surface area contributed by atoms with Gasteiger partial charge < -0.3 is 9.80 Å². The Morgan fingerprint density at radius 3 is 2.69 bits per heavy atom. The third-order valence-corrected chi connectivity index (χ3v) is 6.05. The molecule has 0 aliphatic carbocycles. The number of hydrogen-bond donors (Lipinski definition) is 0. The van der Waals surface area contributed by atoms with Crippen LogP contribution in [-0.4, -0.2) is 35.6 Å². The van der Waals surface area contributed by atoms with Gasteiger partial charge in [-0.25, -0.2) is 0 Å². The smallest absolute Gasteiger partial charge is 0.253 e. The molecule has 0 bridgehead atoms. The zero-order valence-corrected chi connectivity index (χ0v) is 15.9. The fourth-order valence-electron chi connectivity index (χ4n) is 3.43. The first kappa shape index (κ1) is 17.4. The Labute approximate surface area is 162 Å². The molecule has 4 rings (SSSR count). The largest absolute Gasteiger partial charge is 0.339 e. The summed E-state index contributed by atoms with van der Waals surface area (Å²) < 4.78 is 0. The molecule has 26 heavy (non-hydrogen) atoms. The van der Waals surface area contributed by atoms with Crippen LogP contribution in [0, 0.1) is 0 Å². The molecule has 2 amide bonds. The molecule has 2 aliphatic rings. The summed E-state index contributed by atoms with van der Waals surface area (Å²) in [5.41, 5.74) is 2.44. The molecule has 134 valence electrons. The summed E-state index contributed by atoms with van der Waals surface area (Å²) in [4.78, 5) is 30.0. The predicted octanol–water partition coefficient (Wildman–Crippen LogP) is 4.21. The number of carbonyl (C=O) groups is 2. The lowest BCUT2D eigenvalue weighted by Crippen LogP contribution is -2.35. The summed E-state index contributed by atoms with van der Waals surface area (Å²) in [5.74, 6) is 0.511. The average molecular weight is 387 g/mol. The van der Waals surface area contributed by atoms with Crippen LogP contribution in [0.1, 0.15) is 28.8 Å². The highest BCUT2D eigenvalue weighted by Gasteiger charge is 2.27. The van der Waals surface area contributed by atoms with Gasteiger partial charge in [-0.3, -0.25) is 9.59 Å². The van der Waals surface area contributed by atoms with Crippen LogP contribution in [0.3, 0.4) is 0 Å². The molecule has 2 aromatic rings. The standard InChI is InChI=1S/C20H19ClN2O2S/c21-16-5-3-4-14(10-16)12-23-17-11-15(20(25)22-8-1-2-9-22)6-7-18(17)26-13-19(23)24/h3-7,10-11H,1-2,8-9,12-13H2. The summed E-state index contributed by atoms with van der Waals surface area (Å²) in [5, 5.41) is 0.652. The van der Waals surface area contributed by atoms with E-state index in [1.165, 1.54) is 11.8 Å². The first-order valence-corrected chi connectivity index (χ1v) is 10.1. The van der Waals surface area contributed by atoms with Crippen LogP contribution in [0.2, 0.25) is 5.02 Å². The zero-order chi connectivity index (χ0) is 18.1. The second-order valence-electron chi connectivity index (χ2n) is 6.58. The van der Waals surface area contributed by atoms with Gasteiger partial charge in [-0.05, 0) is 48.7 Å². The van der Waals surface area contributed by atoms with Crippen molar-refractivity contribution < 1.29 is 9.59 Å². The predicted molar refractivity (Wildman–Crippen MR) is 105 cm³/mol. The Hall–Kier alpha value is -1.98. The van der Waals surface area contributed by atoms with E-state index in [4.69, 9.17) is 11.6 Å². The molecule has 0 unspecified atom stereocenters. The fourth-order valence-corrected chi connectivity index (χ4v) is 4.56. The maximum atomic E-state index is 12.7. The van der Waals surface area contributed by atoms with Gasteiger partial charge >= 0.3 is 0 Å². The lowest BCUT2D eigenvalue weighted by molar-refractivity contribution is -0.116. The minimum Gasteiger partial charge on any atom is -0.339 e. The molecule has 0 saturated carbocycles. The number of amides is 2. The van der Waals surface area contributed by atoms with Gasteiger partial charge in [-0.1, -0.05) is 23.7 Å². The zero-order valence-electron chi connectivity index (χ0n) is 14.3. The Morgan fingerprint density at radius 2 is 1.92 bits per heavy atom. The van der Waals surface area contributed by atoms with Crippen molar-refractivity contribution in [1.29, 1.82) is 0 Å². The van der Waals surface area contributed by atoms with Gasteiger partial charge in [0, 0.05) is 28.6 Å². The van der Waals surface area contributed by atoms with Gasteiger partial charge in [0.25, 0.3) is 5.91 Å². The van der Waals surface area contributed by atoms with E-state index >= 15 is 0 Å². The van der Waals surface area contributed by atoms with Crippen molar-refractivity contribution in [1.82, 2.24) is 4.90 Å². The molecule has 4 nitrogen and oxygen atoms in total. The van der Waals surface area contributed by atoms with Gasteiger partial charge in [0.1, 0.15) is 0 Å². The third-order valence-electron chi connectivity index (χ3n) is 4.77. The number of halogens is 1. The molecule has 6 heteroatoms. The van der Waals surface area contributed by atoms with Crippen molar-refractivity contribution in [3.05, 3.63) is 58.6 Å². The van der Waals surface area contributed by atoms with Crippen LogP contribution in [0.4, 0.5) is 5.69 Å². The van der Waals surface area contributed by atoms with Crippen LogP contribution in [0.5, 0.6) is 0 Å². The highest BCUT2D eigenvalue weighted by Crippen LogP contribution is 2.37. The van der Waals surface area contributed by atoms with Crippen LogP contribution >= 0.6 is 23.4 Å². The van der Waals surface area contributed by atoms with Crippen LogP contribution in [0.25, 0.3) is 0 Å². The van der Waals surface area contributed by atoms with Crippen molar-refractivity contribution >= 4 is 40.9 Å². The summed E-state index contributed by atoms with van der Waals surface area (Å²) >= 11 is 7.61. The Morgan fingerprint density at radius 1 is 1.12 bits per heavy atom. The van der Waals surface area contributed by atoms with Gasteiger partial charge in [0.15, 0.2) is 0 Å². The number of rotatable bonds is 3. The fraction of sp³-hybridized carbons (Fsp3) is 0.300. The van der Waals surface area contributed by atoms with Crippen LogP contribution < -0.4 is 4.90 Å². The van der Waals surface area contributed by atoms with E-state index < -0.39 is 0 Å². The highest BCUT2D eigenvalue weighted by atomic mass is 35.5. The van der Waals surface area contributed by atoms with E-state index in [9.17, 15) is 9.59 Å². The number of likely N-dealkylation sites (tertiary alicyclic amines) is 1. The maximum Gasteiger partial charge on any atom is 0.253 e. The maximum absolute atomic E-state index is 12.7. The average Bonchev–Trinajstić information content (AvgIpc) is 3.18. The molecule has 0 radical (unpaired) electrons. The normalized spacial score (nSPS) is 16.7. The number of carbonyl (C=O) groups excluding carboxylic acids is 2. The number of hydrogen-bond acceptors (Lipinski definition) is 3. The molecule has 1 fully saturated rings. The molecule has 2 aliphatic heterocycles. The van der Waals surface area contributed by atoms with Crippen molar-refractivity contribution in [3.8, 4) is 0 Å². The summed E-state index contributed by atoms with van der Waals surface area (Å²) in [7, 11) is 0. The topological polar surface area (TPSA) is 40.6 Å². The molecular formula is C20H19ClN2O2S. The minimum atomic E-state index is 0.0493. The van der Waals surface area contributed by atoms with Crippen molar-refractivity contribution in [3.63, 3.8) is 0 Å². The van der Waals surface area contributed by atoms with Gasteiger partial charge in [-0.15, -0.1) is 11.8 Å². The first-order valence-electron chi connectivity index (χ1n) is 8.73. The SMILES string of the molecule is O=C(c1ccc2c(c1)N(Cc1cccc(Cl)c1)C(=O)CS2)N1CCCC1. The quantitative estimate of drug-likeness (QED) is 0.793. The molecule has 2 aromatic carbocycles. The Bertz CT molecular complexity index is 865.